The number of hydrogen-bond donors (Lipinski definition) is 2. The number of aliphatic hydroxyl groups is 1. The smallest absolute Gasteiger partial charge is 0.298 e. The molecule has 9 nitrogen and oxygen atoms in total. The second kappa shape index (κ2) is 10.5. The Labute approximate surface area is 192 Å². The van der Waals surface area contributed by atoms with E-state index in [4.69, 9.17) is 4.74 Å². The summed E-state index contributed by atoms with van der Waals surface area (Å²) in [5.41, 5.74) is 2.02. The lowest BCUT2D eigenvalue weighted by Crippen LogP contribution is -2.49. The molecule has 1 saturated heterocycles. The first-order valence-electron chi connectivity index (χ1n) is 11.2. The van der Waals surface area contributed by atoms with E-state index in [2.05, 4.69) is 14.9 Å². The molecule has 2 aromatic heterocycles. The maximum Gasteiger partial charge on any atom is 0.298 e. The lowest BCUT2D eigenvalue weighted by atomic mass is 10.1. The predicted molar refractivity (Wildman–Crippen MR) is 128 cm³/mol. The molecule has 9 heteroatoms. The first-order valence-corrected chi connectivity index (χ1v) is 11.2. The van der Waals surface area contributed by atoms with E-state index in [1.165, 1.54) is 10.8 Å². The molecule has 1 aromatic carbocycles. The number of fused-ring (bicyclic) bond motifs is 1. The van der Waals surface area contributed by atoms with E-state index in [0.717, 1.165) is 19.5 Å². The SMILES string of the molecule is CCCO/C=C/n1c(=O)c(N2CCN(CCO)CC2)nc2cnc(-c3ccccc3O)cc21. The van der Waals surface area contributed by atoms with Crippen LogP contribution in [0.25, 0.3) is 28.5 Å². The van der Waals surface area contributed by atoms with Crippen molar-refractivity contribution in [3.05, 3.63) is 53.1 Å². The number of anilines is 1. The average molecular weight is 452 g/mol. The first-order chi connectivity index (χ1) is 16.1. The number of benzene rings is 1. The van der Waals surface area contributed by atoms with E-state index in [9.17, 15) is 15.0 Å². The topological polar surface area (TPSA) is 104 Å². The highest BCUT2D eigenvalue weighted by atomic mass is 16.5. The number of rotatable bonds is 8. The summed E-state index contributed by atoms with van der Waals surface area (Å²) >= 11 is 0. The van der Waals surface area contributed by atoms with Crippen molar-refractivity contribution in [2.75, 3.05) is 50.8 Å². The quantitative estimate of drug-likeness (QED) is 0.397. The minimum atomic E-state index is -0.246. The summed E-state index contributed by atoms with van der Waals surface area (Å²) in [6, 6.07) is 8.71. The number of aromatic hydroxyl groups is 1. The van der Waals surface area contributed by atoms with Gasteiger partial charge in [-0.2, -0.15) is 0 Å². The summed E-state index contributed by atoms with van der Waals surface area (Å²) in [6.07, 6.45) is 5.62. The number of ether oxygens (including phenoxy) is 1. The molecular formula is C24H29N5O4. The van der Waals surface area contributed by atoms with Crippen LogP contribution in [0.3, 0.4) is 0 Å². The fourth-order valence-corrected chi connectivity index (χ4v) is 3.90. The zero-order valence-electron chi connectivity index (χ0n) is 18.7. The van der Waals surface area contributed by atoms with Gasteiger partial charge in [0.1, 0.15) is 11.3 Å². The summed E-state index contributed by atoms with van der Waals surface area (Å²) in [5, 5.41) is 19.4. The summed E-state index contributed by atoms with van der Waals surface area (Å²) in [7, 11) is 0. The van der Waals surface area contributed by atoms with Crippen molar-refractivity contribution >= 4 is 23.1 Å². The van der Waals surface area contributed by atoms with Gasteiger partial charge >= 0.3 is 0 Å². The van der Waals surface area contributed by atoms with Crippen molar-refractivity contribution in [3.63, 3.8) is 0 Å². The fraction of sp³-hybridized carbons (Fsp3) is 0.375. The number of phenols is 1. The van der Waals surface area contributed by atoms with Crippen LogP contribution in [0.4, 0.5) is 5.82 Å². The van der Waals surface area contributed by atoms with Gasteiger partial charge in [0.25, 0.3) is 5.56 Å². The Morgan fingerprint density at radius 3 is 2.70 bits per heavy atom. The molecule has 0 unspecified atom stereocenters. The van der Waals surface area contributed by atoms with Gasteiger partial charge in [-0.3, -0.25) is 19.2 Å². The zero-order valence-corrected chi connectivity index (χ0v) is 18.7. The van der Waals surface area contributed by atoms with E-state index in [0.29, 0.717) is 54.3 Å². The first kappa shape index (κ1) is 22.8. The average Bonchev–Trinajstić information content (AvgIpc) is 2.83. The van der Waals surface area contributed by atoms with Crippen molar-refractivity contribution in [3.8, 4) is 17.0 Å². The molecule has 1 aliphatic heterocycles. The van der Waals surface area contributed by atoms with E-state index < -0.39 is 0 Å². The number of para-hydroxylation sites is 1. The van der Waals surface area contributed by atoms with E-state index in [1.54, 1.807) is 36.7 Å². The fourth-order valence-electron chi connectivity index (χ4n) is 3.90. The maximum atomic E-state index is 13.5. The van der Waals surface area contributed by atoms with E-state index in [-0.39, 0.29) is 17.9 Å². The molecule has 0 radical (unpaired) electrons. The van der Waals surface area contributed by atoms with Gasteiger partial charge in [0.2, 0.25) is 0 Å². The molecule has 0 saturated carbocycles. The van der Waals surface area contributed by atoms with Gasteiger partial charge in [0, 0.05) is 44.5 Å². The van der Waals surface area contributed by atoms with Gasteiger partial charge in [0.05, 0.1) is 36.9 Å². The predicted octanol–water partition coefficient (Wildman–Crippen LogP) is 2.13. The van der Waals surface area contributed by atoms with Crippen LogP contribution < -0.4 is 10.5 Å². The number of aromatic nitrogens is 3. The number of β-amino-alcohol motifs (C(OH)–C–C–N with tert-alkyl or cyclic N) is 1. The molecule has 3 aromatic rings. The number of piperazine rings is 1. The van der Waals surface area contributed by atoms with Crippen LogP contribution in [0.1, 0.15) is 13.3 Å². The number of pyridine rings is 1. The highest BCUT2D eigenvalue weighted by molar-refractivity contribution is 5.83. The summed E-state index contributed by atoms with van der Waals surface area (Å²) in [6.45, 7) is 6.10. The van der Waals surface area contributed by atoms with Crippen LogP contribution in [0.5, 0.6) is 5.75 Å². The Morgan fingerprint density at radius 1 is 1.18 bits per heavy atom. The third-order valence-electron chi connectivity index (χ3n) is 5.65. The van der Waals surface area contributed by atoms with Crippen LogP contribution in [0.15, 0.2) is 47.6 Å². The summed E-state index contributed by atoms with van der Waals surface area (Å²) in [5.74, 6) is 0.480. The summed E-state index contributed by atoms with van der Waals surface area (Å²) in [4.78, 5) is 26.8. The van der Waals surface area contributed by atoms with Crippen LogP contribution >= 0.6 is 0 Å². The lowest BCUT2D eigenvalue weighted by molar-refractivity contribution is 0.188. The molecular weight excluding hydrogens is 422 g/mol. The van der Waals surface area contributed by atoms with Gasteiger partial charge in [-0.15, -0.1) is 0 Å². The second-order valence-corrected chi connectivity index (χ2v) is 7.89. The molecule has 174 valence electrons. The standard InChI is InChI=1S/C24H29N5O4/c1-2-14-33-15-12-29-21-16-19(18-5-3-4-6-22(18)31)25-17-20(21)26-23(24(29)32)28-9-7-27(8-10-28)11-13-30/h3-6,12,15-17,30-31H,2,7-11,13-14H2,1H3/b15-12+. The molecule has 3 heterocycles. The highest BCUT2D eigenvalue weighted by Crippen LogP contribution is 2.29. The largest absolute Gasteiger partial charge is 0.507 e. The number of hydrogen-bond acceptors (Lipinski definition) is 8. The van der Waals surface area contributed by atoms with Gasteiger partial charge in [0.15, 0.2) is 5.82 Å². The molecule has 0 amide bonds. The van der Waals surface area contributed by atoms with Crippen LogP contribution in [-0.2, 0) is 4.74 Å². The minimum absolute atomic E-state index is 0.116. The Kier molecular flexibility index (Phi) is 7.21. The van der Waals surface area contributed by atoms with Crippen LogP contribution in [-0.4, -0.2) is 75.6 Å². The molecule has 33 heavy (non-hydrogen) atoms. The van der Waals surface area contributed by atoms with Gasteiger partial charge in [-0.25, -0.2) is 4.98 Å². The van der Waals surface area contributed by atoms with Crippen LogP contribution in [0, 0.1) is 0 Å². The summed E-state index contributed by atoms with van der Waals surface area (Å²) < 4.78 is 7.02. The minimum Gasteiger partial charge on any atom is -0.507 e. The van der Waals surface area contributed by atoms with E-state index >= 15 is 0 Å². The molecule has 1 fully saturated rings. The van der Waals surface area contributed by atoms with Crippen molar-refractivity contribution < 1.29 is 14.9 Å². The Hall–Kier alpha value is -3.43. The van der Waals surface area contributed by atoms with Crippen molar-refractivity contribution in [1.29, 1.82) is 0 Å². The van der Waals surface area contributed by atoms with Gasteiger partial charge < -0.3 is 19.8 Å². The van der Waals surface area contributed by atoms with Gasteiger partial charge in [-0.05, 0) is 24.6 Å². The molecule has 0 bridgehead atoms. The Balaban J connectivity index is 1.77. The monoisotopic (exact) mass is 451 g/mol. The molecule has 4 rings (SSSR count). The third-order valence-corrected chi connectivity index (χ3v) is 5.65. The Bertz CT molecular complexity index is 1190. The van der Waals surface area contributed by atoms with E-state index in [1.807, 2.05) is 17.9 Å². The zero-order chi connectivity index (χ0) is 23.2. The number of nitrogens with zero attached hydrogens (tertiary/aromatic N) is 5. The van der Waals surface area contributed by atoms with Crippen molar-refractivity contribution in [2.24, 2.45) is 0 Å². The molecule has 0 spiro atoms. The van der Waals surface area contributed by atoms with Crippen LogP contribution in [0.2, 0.25) is 0 Å². The third kappa shape index (κ3) is 4.99. The number of phenolic OH excluding ortho intramolecular Hbond substituents is 1. The highest BCUT2D eigenvalue weighted by Gasteiger charge is 2.22. The second-order valence-electron chi connectivity index (χ2n) is 7.89. The lowest BCUT2D eigenvalue weighted by Gasteiger charge is -2.34. The maximum absolute atomic E-state index is 13.5. The molecule has 0 atom stereocenters. The molecule has 2 N–H and O–H groups in total. The number of aliphatic hydroxyl groups excluding tert-OH is 1. The normalized spacial score (nSPS) is 14.9. The van der Waals surface area contributed by atoms with Crippen molar-refractivity contribution in [2.45, 2.75) is 13.3 Å². The Morgan fingerprint density at radius 2 is 1.97 bits per heavy atom. The van der Waals surface area contributed by atoms with Gasteiger partial charge in [-0.1, -0.05) is 19.1 Å². The van der Waals surface area contributed by atoms with Crippen molar-refractivity contribution in [1.82, 2.24) is 19.4 Å². The molecule has 1 aliphatic rings. The molecule has 0 aliphatic carbocycles.